The van der Waals surface area contributed by atoms with Crippen LogP contribution >= 0.6 is 0 Å². The van der Waals surface area contributed by atoms with Gasteiger partial charge in [0.2, 0.25) is 0 Å². The number of aromatic nitrogens is 2. The highest BCUT2D eigenvalue weighted by molar-refractivity contribution is 5.07. The molecule has 0 radical (unpaired) electrons. The van der Waals surface area contributed by atoms with Crippen molar-refractivity contribution in [3.63, 3.8) is 0 Å². The van der Waals surface area contributed by atoms with E-state index in [0.717, 1.165) is 24.4 Å². The molecule has 3 N–H and O–H groups in total. The van der Waals surface area contributed by atoms with Crippen molar-refractivity contribution in [2.75, 3.05) is 13.1 Å². The molecule has 0 spiro atoms. The maximum Gasteiger partial charge on any atom is 0.0948 e. The molecule has 0 bridgehead atoms. The van der Waals surface area contributed by atoms with E-state index in [0.29, 0.717) is 6.54 Å². The summed E-state index contributed by atoms with van der Waals surface area (Å²) in [5.74, 6) is 0. The Morgan fingerprint density at radius 3 is 3.00 bits per heavy atom. The van der Waals surface area contributed by atoms with Crippen LogP contribution < -0.4 is 11.1 Å². The second-order valence-electron chi connectivity index (χ2n) is 3.73. The van der Waals surface area contributed by atoms with E-state index in [1.807, 2.05) is 19.4 Å². The minimum Gasteiger partial charge on any atom is -0.333 e. The first kappa shape index (κ1) is 11.9. The van der Waals surface area contributed by atoms with Crippen molar-refractivity contribution >= 4 is 0 Å². The lowest BCUT2D eigenvalue weighted by Gasteiger charge is -2.18. The predicted molar refractivity (Wildman–Crippen MR) is 62.5 cm³/mol. The summed E-state index contributed by atoms with van der Waals surface area (Å²) in [6.07, 6.45) is 3.70. The highest BCUT2D eigenvalue weighted by atomic mass is 15.1. The van der Waals surface area contributed by atoms with E-state index in [9.17, 15) is 0 Å². The van der Waals surface area contributed by atoms with Crippen LogP contribution in [0.5, 0.6) is 0 Å². The molecule has 0 amide bonds. The summed E-state index contributed by atoms with van der Waals surface area (Å²) >= 11 is 0. The zero-order chi connectivity index (χ0) is 11.3. The maximum absolute atomic E-state index is 5.74. The minimum absolute atomic E-state index is 0.157. The average Bonchev–Trinajstić information content (AvgIpc) is 2.66. The first-order valence-electron chi connectivity index (χ1n) is 5.26. The van der Waals surface area contributed by atoms with Crippen molar-refractivity contribution in [3.05, 3.63) is 30.4 Å². The van der Waals surface area contributed by atoms with Gasteiger partial charge in [0.05, 0.1) is 18.1 Å². The Bertz CT molecular complexity index is 316. The summed E-state index contributed by atoms with van der Waals surface area (Å²) in [5, 5.41) is 3.36. The van der Waals surface area contributed by atoms with Gasteiger partial charge in [-0.1, -0.05) is 12.2 Å². The molecule has 1 unspecified atom stereocenters. The number of hydrogen-bond acceptors (Lipinski definition) is 3. The topological polar surface area (TPSA) is 55.9 Å². The molecule has 0 saturated heterocycles. The van der Waals surface area contributed by atoms with Gasteiger partial charge in [-0.15, -0.1) is 0 Å². The summed E-state index contributed by atoms with van der Waals surface area (Å²) < 4.78 is 2.10. The van der Waals surface area contributed by atoms with Crippen LogP contribution in [0.4, 0.5) is 0 Å². The molecule has 15 heavy (non-hydrogen) atoms. The smallest absolute Gasteiger partial charge is 0.0948 e. The Morgan fingerprint density at radius 1 is 1.73 bits per heavy atom. The van der Waals surface area contributed by atoms with Gasteiger partial charge in [0.15, 0.2) is 0 Å². The summed E-state index contributed by atoms with van der Waals surface area (Å²) in [6, 6.07) is 0.157. The maximum atomic E-state index is 5.74. The molecule has 0 fully saturated rings. The van der Waals surface area contributed by atoms with Gasteiger partial charge >= 0.3 is 0 Å². The van der Waals surface area contributed by atoms with Crippen LogP contribution in [-0.2, 0) is 6.54 Å². The monoisotopic (exact) mass is 208 g/mol. The lowest BCUT2D eigenvalue weighted by atomic mass is 10.2. The number of rotatable bonds is 6. The molecule has 1 rings (SSSR count). The van der Waals surface area contributed by atoms with E-state index in [1.165, 1.54) is 0 Å². The first-order valence-corrected chi connectivity index (χ1v) is 5.26. The third-order valence-electron chi connectivity index (χ3n) is 2.33. The third kappa shape index (κ3) is 3.18. The molecule has 1 aromatic heterocycles. The molecular weight excluding hydrogens is 188 g/mol. The van der Waals surface area contributed by atoms with Gasteiger partial charge < -0.3 is 15.6 Å². The van der Waals surface area contributed by atoms with Crippen LogP contribution in [-0.4, -0.2) is 22.6 Å². The summed E-state index contributed by atoms with van der Waals surface area (Å²) in [4.78, 5) is 4.13. The Labute approximate surface area is 91.2 Å². The number of aryl methyl sites for hydroxylation is 1. The summed E-state index contributed by atoms with van der Waals surface area (Å²) in [7, 11) is 0. The number of hydrogen-bond donors (Lipinski definition) is 2. The average molecular weight is 208 g/mol. The van der Waals surface area contributed by atoms with E-state index in [1.54, 1.807) is 0 Å². The number of nitrogens with two attached hydrogens (primary N) is 1. The molecule has 0 aliphatic heterocycles. The van der Waals surface area contributed by atoms with Crippen LogP contribution in [0, 0.1) is 0 Å². The Hall–Kier alpha value is -1.13. The fourth-order valence-electron chi connectivity index (χ4n) is 1.49. The first-order chi connectivity index (χ1) is 7.19. The zero-order valence-corrected chi connectivity index (χ0v) is 9.53. The van der Waals surface area contributed by atoms with E-state index in [4.69, 9.17) is 5.73 Å². The minimum atomic E-state index is 0.157. The summed E-state index contributed by atoms with van der Waals surface area (Å²) in [6.45, 7) is 10.2. The molecule has 1 heterocycles. The fraction of sp³-hybridized carbons (Fsp3) is 0.545. The summed E-state index contributed by atoms with van der Waals surface area (Å²) in [5.41, 5.74) is 7.99. The molecule has 84 valence electrons. The van der Waals surface area contributed by atoms with Gasteiger partial charge in [-0.25, -0.2) is 4.98 Å². The van der Waals surface area contributed by atoms with E-state index in [2.05, 4.69) is 28.4 Å². The largest absolute Gasteiger partial charge is 0.333 e. The van der Waals surface area contributed by atoms with Crippen molar-refractivity contribution < 1.29 is 0 Å². The Kier molecular flexibility index (Phi) is 4.52. The SMILES string of the molecule is C=C(C)CNC(CN)c1cncn1CC. The molecule has 4 heteroatoms. The normalized spacial score (nSPS) is 12.7. The Balaban J connectivity index is 2.69. The van der Waals surface area contributed by atoms with E-state index >= 15 is 0 Å². The number of nitrogens with one attached hydrogen (secondary N) is 1. The lowest BCUT2D eigenvalue weighted by molar-refractivity contribution is 0.526. The number of imidazole rings is 1. The number of nitrogens with zero attached hydrogens (tertiary/aromatic N) is 2. The van der Waals surface area contributed by atoms with Crippen molar-refractivity contribution in [2.45, 2.75) is 26.4 Å². The predicted octanol–water partition coefficient (Wildman–Crippen LogP) is 1.07. The van der Waals surface area contributed by atoms with Crippen molar-refractivity contribution in [3.8, 4) is 0 Å². The molecule has 4 nitrogen and oxygen atoms in total. The van der Waals surface area contributed by atoms with Gasteiger partial charge in [0, 0.05) is 25.8 Å². The van der Waals surface area contributed by atoms with Crippen LogP contribution in [0.3, 0.4) is 0 Å². The fourth-order valence-corrected chi connectivity index (χ4v) is 1.49. The van der Waals surface area contributed by atoms with Gasteiger partial charge in [0.1, 0.15) is 0 Å². The van der Waals surface area contributed by atoms with Crippen molar-refractivity contribution in [1.29, 1.82) is 0 Å². The highest BCUT2D eigenvalue weighted by Crippen LogP contribution is 2.11. The zero-order valence-electron chi connectivity index (χ0n) is 9.53. The standard InChI is InChI=1S/C11H20N4/c1-4-15-8-13-7-11(15)10(5-12)14-6-9(2)3/h7-8,10,14H,2,4-6,12H2,1,3H3. The second-order valence-corrected chi connectivity index (χ2v) is 3.73. The van der Waals surface area contributed by atoms with Gasteiger partial charge in [-0.3, -0.25) is 0 Å². The van der Waals surface area contributed by atoms with Gasteiger partial charge in [-0.05, 0) is 13.8 Å². The molecule has 0 saturated carbocycles. The molecule has 0 aliphatic rings. The molecule has 1 atom stereocenters. The van der Waals surface area contributed by atoms with Gasteiger partial charge in [0.25, 0.3) is 0 Å². The van der Waals surface area contributed by atoms with Crippen molar-refractivity contribution in [1.82, 2.24) is 14.9 Å². The second kappa shape index (κ2) is 5.68. The van der Waals surface area contributed by atoms with E-state index < -0.39 is 0 Å². The van der Waals surface area contributed by atoms with Crippen LogP contribution in [0.15, 0.2) is 24.7 Å². The van der Waals surface area contributed by atoms with Crippen LogP contribution in [0.2, 0.25) is 0 Å². The van der Waals surface area contributed by atoms with Crippen LogP contribution in [0.1, 0.15) is 25.6 Å². The van der Waals surface area contributed by atoms with Crippen molar-refractivity contribution in [2.24, 2.45) is 5.73 Å². The Morgan fingerprint density at radius 2 is 2.47 bits per heavy atom. The highest BCUT2D eigenvalue weighted by Gasteiger charge is 2.12. The lowest BCUT2D eigenvalue weighted by Crippen LogP contribution is -2.31. The molecular formula is C11H20N4. The molecule has 0 aromatic carbocycles. The quantitative estimate of drug-likeness (QED) is 0.687. The van der Waals surface area contributed by atoms with Crippen LogP contribution in [0.25, 0.3) is 0 Å². The molecule has 1 aromatic rings. The molecule has 0 aliphatic carbocycles. The third-order valence-corrected chi connectivity index (χ3v) is 2.33. The van der Waals surface area contributed by atoms with E-state index in [-0.39, 0.29) is 6.04 Å². The van der Waals surface area contributed by atoms with Gasteiger partial charge in [-0.2, -0.15) is 0 Å².